The molecule has 0 aliphatic rings. The zero-order chi connectivity index (χ0) is 13.5. The lowest BCUT2D eigenvalue weighted by atomic mass is 10.2. The lowest BCUT2D eigenvalue weighted by Crippen LogP contribution is -2.15. The molecule has 1 heterocycles. The van der Waals surface area contributed by atoms with Crippen LogP contribution in [0.25, 0.3) is 10.9 Å². The topological polar surface area (TPSA) is 39.1 Å². The van der Waals surface area contributed by atoms with E-state index in [2.05, 4.69) is 0 Å². The van der Waals surface area contributed by atoms with Gasteiger partial charge in [0.1, 0.15) is 0 Å². The van der Waals surface area contributed by atoms with E-state index in [0.29, 0.717) is 5.02 Å². The van der Waals surface area contributed by atoms with E-state index in [1.54, 1.807) is 19.9 Å². The summed E-state index contributed by atoms with van der Waals surface area (Å²) in [4.78, 5) is 0. The molecule has 0 radical (unpaired) electrons. The summed E-state index contributed by atoms with van der Waals surface area (Å²) in [7, 11) is -1.19. The molecule has 0 bridgehead atoms. The van der Waals surface area contributed by atoms with Crippen molar-refractivity contribution in [1.82, 2.24) is 4.57 Å². The van der Waals surface area contributed by atoms with Gasteiger partial charge in [-0.25, -0.2) is 8.42 Å². The van der Waals surface area contributed by atoms with Gasteiger partial charge in [0.05, 0.1) is 11.0 Å². The second-order valence-corrected chi connectivity index (χ2v) is 7.78. The summed E-state index contributed by atoms with van der Waals surface area (Å²) >= 11 is 5.95. The summed E-state index contributed by atoms with van der Waals surface area (Å²) < 4.78 is 25.9. The van der Waals surface area contributed by atoms with Crippen molar-refractivity contribution < 1.29 is 8.42 Å². The van der Waals surface area contributed by atoms with E-state index in [4.69, 9.17) is 11.6 Å². The maximum atomic E-state index is 12.0. The molecule has 0 unspecified atom stereocenters. The number of hydrogen-bond donors (Lipinski definition) is 0. The minimum absolute atomic E-state index is 0.0731. The Labute approximate surface area is 112 Å². The highest BCUT2D eigenvalue weighted by molar-refractivity contribution is 7.91. The average molecular weight is 286 g/mol. The van der Waals surface area contributed by atoms with E-state index in [1.165, 1.54) is 0 Å². The first-order valence-corrected chi connectivity index (χ1v) is 7.85. The van der Waals surface area contributed by atoms with Crippen LogP contribution in [0.2, 0.25) is 5.02 Å². The third-order valence-electron chi connectivity index (χ3n) is 3.11. The average Bonchev–Trinajstić information content (AvgIpc) is 2.54. The number of aromatic nitrogens is 1. The fourth-order valence-electron chi connectivity index (χ4n) is 1.94. The molecule has 0 N–H and O–H groups in total. The third-order valence-corrected chi connectivity index (χ3v) is 5.50. The molecule has 1 aromatic heterocycles. The Morgan fingerprint density at radius 2 is 2.00 bits per heavy atom. The molecular formula is C13H16ClNO2S. The highest BCUT2D eigenvalue weighted by Gasteiger charge is 2.19. The number of fused-ring (bicyclic) bond motifs is 1. The third kappa shape index (κ3) is 2.40. The highest BCUT2D eigenvalue weighted by Crippen LogP contribution is 2.26. The van der Waals surface area contributed by atoms with E-state index >= 15 is 0 Å². The van der Waals surface area contributed by atoms with Gasteiger partial charge in [-0.3, -0.25) is 0 Å². The molecule has 0 amide bonds. The van der Waals surface area contributed by atoms with Crippen molar-refractivity contribution >= 4 is 32.3 Å². The van der Waals surface area contributed by atoms with Crippen molar-refractivity contribution in [1.29, 1.82) is 0 Å². The summed E-state index contributed by atoms with van der Waals surface area (Å²) in [6, 6.07) is 5.51. The molecule has 98 valence electrons. The fraction of sp³-hybridized carbons (Fsp3) is 0.385. The van der Waals surface area contributed by atoms with Crippen LogP contribution in [-0.4, -0.2) is 18.2 Å². The first kappa shape index (κ1) is 13.4. The zero-order valence-corrected chi connectivity index (χ0v) is 12.2. The monoisotopic (exact) mass is 285 g/mol. The maximum absolute atomic E-state index is 12.0. The molecule has 5 heteroatoms. The molecule has 0 atom stereocenters. The molecule has 0 fully saturated rings. The molecule has 0 saturated carbocycles. The maximum Gasteiger partial charge on any atom is 0.156 e. The second kappa shape index (κ2) is 4.59. The lowest BCUT2D eigenvalue weighted by molar-refractivity contribution is 0.586. The number of sulfone groups is 1. The first-order valence-electron chi connectivity index (χ1n) is 5.76. The number of benzene rings is 1. The SMILES string of the molecule is CC(C)S(=O)(=O)Cc1cn(C)c2cc(Cl)ccc12. The van der Waals surface area contributed by atoms with E-state index in [9.17, 15) is 8.42 Å². The number of rotatable bonds is 3. The first-order chi connectivity index (χ1) is 8.31. The van der Waals surface area contributed by atoms with Gasteiger partial charge in [0.25, 0.3) is 0 Å². The summed E-state index contributed by atoms with van der Waals surface area (Å²) in [6.45, 7) is 3.41. The number of nitrogens with zero attached hydrogens (tertiary/aromatic N) is 1. The van der Waals surface area contributed by atoms with Gasteiger partial charge >= 0.3 is 0 Å². The molecule has 2 rings (SSSR count). The molecule has 0 saturated heterocycles. The van der Waals surface area contributed by atoms with Crippen LogP contribution in [0, 0.1) is 0 Å². The fourth-order valence-corrected chi connectivity index (χ4v) is 3.10. The number of hydrogen-bond acceptors (Lipinski definition) is 2. The molecule has 18 heavy (non-hydrogen) atoms. The van der Waals surface area contributed by atoms with Crippen molar-refractivity contribution in [3.63, 3.8) is 0 Å². The van der Waals surface area contributed by atoms with Gasteiger partial charge in [-0.15, -0.1) is 0 Å². The molecule has 0 aliphatic heterocycles. The Hall–Kier alpha value is -1.00. The van der Waals surface area contributed by atoms with Crippen molar-refractivity contribution in [2.75, 3.05) is 0 Å². The van der Waals surface area contributed by atoms with Crippen molar-refractivity contribution in [3.8, 4) is 0 Å². The van der Waals surface area contributed by atoms with E-state index < -0.39 is 9.84 Å². The van der Waals surface area contributed by atoms with Gasteiger partial charge < -0.3 is 4.57 Å². The Kier molecular flexibility index (Phi) is 3.43. The van der Waals surface area contributed by atoms with Gasteiger partial charge in [0, 0.05) is 29.2 Å². The molecule has 3 nitrogen and oxygen atoms in total. The minimum atomic E-state index is -3.09. The lowest BCUT2D eigenvalue weighted by Gasteiger charge is -2.06. The molecule has 1 aromatic carbocycles. The van der Waals surface area contributed by atoms with Gasteiger partial charge in [-0.1, -0.05) is 17.7 Å². The van der Waals surface area contributed by atoms with Crippen LogP contribution in [0.3, 0.4) is 0 Å². The van der Waals surface area contributed by atoms with Crippen LogP contribution in [0.15, 0.2) is 24.4 Å². The summed E-state index contributed by atoms with van der Waals surface area (Å²) in [5.74, 6) is 0.0731. The minimum Gasteiger partial charge on any atom is -0.350 e. The van der Waals surface area contributed by atoms with E-state index in [0.717, 1.165) is 16.5 Å². The van der Waals surface area contributed by atoms with Gasteiger partial charge in [-0.2, -0.15) is 0 Å². The summed E-state index contributed by atoms with van der Waals surface area (Å²) in [5, 5.41) is 1.24. The normalized spacial score (nSPS) is 12.5. The van der Waals surface area contributed by atoms with Crippen LogP contribution in [-0.2, 0) is 22.6 Å². The largest absolute Gasteiger partial charge is 0.350 e. The van der Waals surface area contributed by atoms with Crippen molar-refractivity contribution in [2.45, 2.75) is 24.9 Å². The van der Waals surface area contributed by atoms with Crippen LogP contribution in [0.4, 0.5) is 0 Å². The predicted octanol–water partition coefficient (Wildman–Crippen LogP) is 3.15. The molecule has 2 aromatic rings. The van der Waals surface area contributed by atoms with Crippen LogP contribution >= 0.6 is 11.6 Å². The molecule has 0 aliphatic carbocycles. The highest BCUT2D eigenvalue weighted by atomic mass is 35.5. The number of aryl methyl sites for hydroxylation is 1. The van der Waals surface area contributed by atoms with E-state index in [-0.39, 0.29) is 11.0 Å². The second-order valence-electron chi connectivity index (χ2n) is 4.78. The Morgan fingerprint density at radius 1 is 1.33 bits per heavy atom. The van der Waals surface area contributed by atoms with Gasteiger partial charge in [0.2, 0.25) is 0 Å². The van der Waals surface area contributed by atoms with Crippen molar-refractivity contribution in [3.05, 3.63) is 35.0 Å². The van der Waals surface area contributed by atoms with Crippen LogP contribution in [0.5, 0.6) is 0 Å². The molecule has 0 spiro atoms. The summed E-state index contributed by atoms with van der Waals surface area (Å²) in [5.41, 5.74) is 1.79. The predicted molar refractivity (Wildman–Crippen MR) is 75.7 cm³/mol. The smallest absolute Gasteiger partial charge is 0.156 e. The van der Waals surface area contributed by atoms with Crippen molar-refractivity contribution in [2.24, 2.45) is 7.05 Å². The van der Waals surface area contributed by atoms with E-state index in [1.807, 2.05) is 29.9 Å². The Bertz CT molecular complexity index is 686. The zero-order valence-electron chi connectivity index (χ0n) is 10.6. The van der Waals surface area contributed by atoms with Crippen LogP contribution < -0.4 is 0 Å². The van der Waals surface area contributed by atoms with Gasteiger partial charge in [0.15, 0.2) is 9.84 Å². The molecular weight excluding hydrogens is 270 g/mol. The quantitative estimate of drug-likeness (QED) is 0.869. The van der Waals surface area contributed by atoms with Gasteiger partial charge in [-0.05, 0) is 31.5 Å². The Balaban J connectivity index is 2.54. The standard InChI is InChI=1S/C13H16ClNO2S/c1-9(2)18(16,17)8-10-7-15(3)13-6-11(14)4-5-12(10)13/h4-7,9H,8H2,1-3H3. The Morgan fingerprint density at radius 3 is 2.61 bits per heavy atom. The number of halogens is 1. The van der Waals surface area contributed by atoms with Crippen LogP contribution in [0.1, 0.15) is 19.4 Å². The summed E-state index contributed by atoms with van der Waals surface area (Å²) in [6.07, 6.45) is 1.86.